The summed E-state index contributed by atoms with van der Waals surface area (Å²) < 4.78 is 5.49. The molecule has 0 atom stereocenters. The molecule has 4 nitrogen and oxygen atoms in total. The molecule has 1 rings (SSSR count). The molecule has 0 saturated carbocycles. The van der Waals surface area contributed by atoms with Crippen LogP contribution in [0, 0.1) is 0 Å². The number of halogens is 1. The summed E-state index contributed by atoms with van der Waals surface area (Å²) in [5.74, 6) is 0.711. The summed E-state index contributed by atoms with van der Waals surface area (Å²) in [6.07, 6.45) is 1.14. The van der Waals surface area contributed by atoms with Gasteiger partial charge >= 0.3 is 0 Å². The Labute approximate surface area is 113 Å². The predicted molar refractivity (Wildman–Crippen MR) is 73.1 cm³/mol. The Morgan fingerprint density at radius 3 is 2.83 bits per heavy atom. The number of benzene rings is 1. The number of ether oxygens (including phenoxy) is 1. The second-order valence-electron chi connectivity index (χ2n) is 3.84. The van der Waals surface area contributed by atoms with Crippen LogP contribution in [0.5, 0.6) is 5.75 Å². The first-order chi connectivity index (χ1) is 8.74. The minimum Gasteiger partial charge on any atom is -0.492 e. The van der Waals surface area contributed by atoms with Gasteiger partial charge in [-0.25, -0.2) is 0 Å². The topological polar surface area (TPSA) is 50.4 Å². The molecule has 0 radical (unpaired) electrons. The highest BCUT2D eigenvalue weighted by Crippen LogP contribution is 2.23. The molecule has 0 aromatic heterocycles. The Morgan fingerprint density at radius 2 is 2.11 bits per heavy atom. The first-order valence-electron chi connectivity index (χ1n) is 6.02. The summed E-state index contributed by atoms with van der Waals surface area (Å²) >= 11 is 5.94. The first kappa shape index (κ1) is 14.8. The summed E-state index contributed by atoms with van der Waals surface area (Å²) in [7, 11) is 1.85. The average molecular weight is 271 g/mol. The lowest BCUT2D eigenvalue weighted by Crippen LogP contribution is -2.30. The molecule has 0 spiro atoms. The van der Waals surface area contributed by atoms with Gasteiger partial charge in [-0.1, -0.05) is 23.7 Å². The molecule has 1 aromatic rings. The van der Waals surface area contributed by atoms with Crippen LogP contribution in [-0.2, 0) is 4.79 Å². The Bertz CT molecular complexity index is 372. The molecule has 0 aliphatic heterocycles. The van der Waals surface area contributed by atoms with E-state index in [1.165, 1.54) is 0 Å². The van der Waals surface area contributed by atoms with Gasteiger partial charge in [0.1, 0.15) is 5.75 Å². The molecule has 0 fully saturated rings. The van der Waals surface area contributed by atoms with E-state index >= 15 is 0 Å². The summed E-state index contributed by atoms with van der Waals surface area (Å²) in [6.45, 7) is 1.92. The van der Waals surface area contributed by atoms with Crippen molar-refractivity contribution in [2.24, 2.45) is 0 Å². The summed E-state index contributed by atoms with van der Waals surface area (Å²) in [4.78, 5) is 11.4. The Kier molecular flexibility index (Phi) is 7.22. The van der Waals surface area contributed by atoms with Crippen molar-refractivity contribution in [2.75, 3.05) is 26.7 Å². The third kappa shape index (κ3) is 5.89. The van der Waals surface area contributed by atoms with Gasteiger partial charge < -0.3 is 15.4 Å². The van der Waals surface area contributed by atoms with E-state index in [1.54, 1.807) is 6.07 Å². The number of para-hydroxylation sites is 1. The second-order valence-corrected chi connectivity index (χ2v) is 4.24. The van der Waals surface area contributed by atoms with Gasteiger partial charge in [0.15, 0.2) is 0 Å². The van der Waals surface area contributed by atoms with E-state index in [4.69, 9.17) is 16.3 Å². The van der Waals surface area contributed by atoms with E-state index in [0.29, 0.717) is 36.8 Å². The first-order valence-corrected chi connectivity index (χ1v) is 6.40. The molecule has 5 heteroatoms. The van der Waals surface area contributed by atoms with Crippen LogP contribution in [0.3, 0.4) is 0 Å². The van der Waals surface area contributed by atoms with Gasteiger partial charge in [0.05, 0.1) is 11.6 Å². The number of hydrogen-bond acceptors (Lipinski definition) is 3. The smallest absolute Gasteiger partial charge is 0.220 e. The van der Waals surface area contributed by atoms with E-state index in [1.807, 2.05) is 25.2 Å². The summed E-state index contributed by atoms with van der Waals surface area (Å²) in [5.41, 5.74) is 0. The van der Waals surface area contributed by atoms with Crippen molar-refractivity contribution in [3.05, 3.63) is 29.3 Å². The van der Waals surface area contributed by atoms with Crippen LogP contribution in [0.2, 0.25) is 5.02 Å². The minimum absolute atomic E-state index is 0.0491. The minimum atomic E-state index is 0.0491. The van der Waals surface area contributed by atoms with Crippen molar-refractivity contribution < 1.29 is 9.53 Å². The number of rotatable bonds is 8. The third-order valence-electron chi connectivity index (χ3n) is 2.34. The molecule has 1 aromatic carbocycles. The number of likely N-dealkylation sites (N-methyl/N-ethyl adjacent to an activating group) is 1. The van der Waals surface area contributed by atoms with Crippen LogP contribution in [0.1, 0.15) is 12.8 Å². The van der Waals surface area contributed by atoms with Gasteiger partial charge in [0, 0.05) is 19.5 Å². The maximum atomic E-state index is 11.4. The Morgan fingerprint density at radius 1 is 1.33 bits per heavy atom. The zero-order chi connectivity index (χ0) is 13.2. The monoisotopic (exact) mass is 270 g/mol. The summed E-state index contributed by atoms with van der Waals surface area (Å²) in [5, 5.41) is 6.37. The maximum absolute atomic E-state index is 11.4. The number of nitrogens with one attached hydrogen (secondary N) is 2. The zero-order valence-corrected chi connectivity index (χ0v) is 11.3. The number of carbonyl (C=O) groups is 1. The molecule has 0 unspecified atom stereocenters. The van der Waals surface area contributed by atoms with Gasteiger partial charge in [-0.05, 0) is 25.6 Å². The van der Waals surface area contributed by atoms with E-state index in [-0.39, 0.29) is 5.91 Å². The molecule has 0 saturated heterocycles. The molecule has 0 heterocycles. The lowest BCUT2D eigenvalue weighted by Gasteiger charge is -2.08. The normalized spacial score (nSPS) is 10.1. The van der Waals surface area contributed by atoms with Gasteiger partial charge in [-0.3, -0.25) is 4.79 Å². The fraction of sp³-hybridized carbons (Fsp3) is 0.462. The summed E-state index contributed by atoms with van der Waals surface area (Å²) in [6, 6.07) is 7.31. The van der Waals surface area contributed by atoms with Crippen LogP contribution >= 0.6 is 11.6 Å². The largest absolute Gasteiger partial charge is 0.492 e. The SMILES string of the molecule is CNCCNC(=O)CCCOc1ccccc1Cl. The zero-order valence-electron chi connectivity index (χ0n) is 10.5. The number of carbonyl (C=O) groups excluding carboxylic acids is 1. The van der Waals surface area contributed by atoms with Gasteiger partial charge in [-0.15, -0.1) is 0 Å². The van der Waals surface area contributed by atoms with Gasteiger partial charge in [0.25, 0.3) is 0 Å². The van der Waals surface area contributed by atoms with E-state index in [9.17, 15) is 4.79 Å². The van der Waals surface area contributed by atoms with Crippen molar-refractivity contribution in [3.63, 3.8) is 0 Å². The maximum Gasteiger partial charge on any atom is 0.220 e. The van der Waals surface area contributed by atoms with Crippen LogP contribution < -0.4 is 15.4 Å². The predicted octanol–water partition coefficient (Wildman–Crippen LogP) is 1.83. The van der Waals surface area contributed by atoms with Crippen LogP contribution in [-0.4, -0.2) is 32.7 Å². The van der Waals surface area contributed by atoms with Crippen molar-refractivity contribution in [1.82, 2.24) is 10.6 Å². The molecule has 100 valence electrons. The Balaban J connectivity index is 2.12. The lowest BCUT2D eigenvalue weighted by atomic mass is 10.3. The van der Waals surface area contributed by atoms with E-state index in [2.05, 4.69) is 10.6 Å². The standard InChI is InChI=1S/C13H19ClN2O2/c1-15-8-9-16-13(17)7-4-10-18-12-6-3-2-5-11(12)14/h2-3,5-6,15H,4,7-10H2,1H3,(H,16,17). The van der Waals surface area contributed by atoms with E-state index in [0.717, 1.165) is 6.54 Å². The second kappa shape index (κ2) is 8.78. The third-order valence-corrected chi connectivity index (χ3v) is 2.65. The van der Waals surface area contributed by atoms with Crippen molar-refractivity contribution in [3.8, 4) is 5.75 Å². The van der Waals surface area contributed by atoms with Crippen molar-refractivity contribution >= 4 is 17.5 Å². The number of hydrogen-bond donors (Lipinski definition) is 2. The van der Waals surface area contributed by atoms with Gasteiger partial charge in [-0.2, -0.15) is 0 Å². The van der Waals surface area contributed by atoms with Crippen molar-refractivity contribution in [2.45, 2.75) is 12.8 Å². The fourth-order valence-electron chi connectivity index (χ4n) is 1.39. The molecule has 1 amide bonds. The Hall–Kier alpha value is -1.26. The quantitative estimate of drug-likeness (QED) is 0.709. The lowest BCUT2D eigenvalue weighted by molar-refractivity contribution is -0.121. The molecule has 2 N–H and O–H groups in total. The van der Waals surface area contributed by atoms with Gasteiger partial charge in [0.2, 0.25) is 5.91 Å². The average Bonchev–Trinajstić information content (AvgIpc) is 2.37. The fourth-order valence-corrected chi connectivity index (χ4v) is 1.58. The molecule has 0 aliphatic carbocycles. The van der Waals surface area contributed by atoms with Crippen LogP contribution in [0.25, 0.3) is 0 Å². The highest BCUT2D eigenvalue weighted by Gasteiger charge is 2.02. The number of amides is 1. The van der Waals surface area contributed by atoms with E-state index < -0.39 is 0 Å². The molecule has 0 aliphatic rings. The molecule has 18 heavy (non-hydrogen) atoms. The van der Waals surface area contributed by atoms with Crippen LogP contribution in [0.4, 0.5) is 0 Å². The van der Waals surface area contributed by atoms with Crippen molar-refractivity contribution in [1.29, 1.82) is 0 Å². The highest BCUT2D eigenvalue weighted by molar-refractivity contribution is 6.32. The molecular formula is C13H19ClN2O2. The highest BCUT2D eigenvalue weighted by atomic mass is 35.5. The molecule has 0 bridgehead atoms. The molecular weight excluding hydrogens is 252 g/mol. The van der Waals surface area contributed by atoms with Crippen LogP contribution in [0.15, 0.2) is 24.3 Å².